The molecule has 2 aromatic heterocycles. The fourth-order valence-electron chi connectivity index (χ4n) is 2.55. The molecular weight excluding hydrogens is 383 g/mol. The molecule has 0 unspecified atom stereocenters. The van der Waals surface area contributed by atoms with Gasteiger partial charge in [0.1, 0.15) is 10.7 Å². The van der Waals surface area contributed by atoms with E-state index in [0.717, 1.165) is 0 Å². The standard InChI is InChI=1S/C18H15FN6O2S/c1-25-11-14(10-20-25)28(26,27)24-18-17(21-13-8-6-12(19)7-9-13)22-15-4-2-3-5-16(15)23-18/h2-11H,1H3,(H,21,22)(H,23,24). The third kappa shape index (κ3) is 3.62. The Morgan fingerprint density at radius 1 is 0.964 bits per heavy atom. The van der Waals surface area contributed by atoms with Crippen molar-refractivity contribution in [1.29, 1.82) is 0 Å². The van der Waals surface area contributed by atoms with Gasteiger partial charge in [-0.2, -0.15) is 5.10 Å². The third-order valence-corrected chi connectivity index (χ3v) is 5.19. The first kappa shape index (κ1) is 17.9. The lowest BCUT2D eigenvalue weighted by Gasteiger charge is -2.13. The van der Waals surface area contributed by atoms with Crippen LogP contribution in [0, 0.1) is 5.82 Å². The first-order chi connectivity index (χ1) is 13.4. The van der Waals surface area contributed by atoms with Crippen molar-refractivity contribution in [2.75, 3.05) is 10.0 Å². The van der Waals surface area contributed by atoms with Crippen molar-refractivity contribution in [2.45, 2.75) is 4.90 Å². The van der Waals surface area contributed by atoms with Crippen LogP contribution in [0.1, 0.15) is 0 Å². The molecule has 0 aliphatic rings. The molecule has 4 aromatic rings. The maximum Gasteiger partial charge on any atom is 0.266 e. The fraction of sp³-hybridized carbons (Fsp3) is 0.0556. The van der Waals surface area contributed by atoms with E-state index >= 15 is 0 Å². The summed E-state index contributed by atoms with van der Waals surface area (Å²) in [6.45, 7) is 0. The molecule has 2 heterocycles. The van der Waals surface area contributed by atoms with Crippen molar-refractivity contribution in [1.82, 2.24) is 19.7 Å². The summed E-state index contributed by atoms with van der Waals surface area (Å²) >= 11 is 0. The average Bonchev–Trinajstić information content (AvgIpc) is 3.11. The molecule has 8 nitrogen and oxygen atoms in total. The topological polar surface area (TPSA) is 102 Å². The zero-order valence-electron chi connectivity index (χ0n) is 14.7. The highest BCUT2D eigenvalue weighted by molar-refractivity contribution is 7.92. The second-order valence-electron chi connectivity index (χ2n) is 6.00. The Kier molecular flexibility index (Phi) is 4.40. The molecule has 4 rings (SSSR count). The van der Waals surface area contributed by atoms with E-state index in [4.69, 9.17) is 0 Å². The minimum absolute atomic E-state index is 0.00214. The predicted molar refractivity (Wildman–Crippen MR) is 103 cm³/mol. The number of aryl methyl sites for hydroxylation is 1. The summed E-state index contributed by atoms with van der Waals surface area (Å²) in [5.41, 5.74) is 1.64. The van der Waals surface area contributed by atoms with Gasteiger partial charge in [0.15, 0.2) is 11.6 Å². The molecule has 0 aliphatic carbocycles. The molecule has 142 valence electrons. The molecule has 0 bridgehead atoms. The summed E-state index contributed by atoms with van der Waals surface area (Å²) in [6.07, 6.45) is 2.62. The highest BCUT2D eigenvalue weighted by atomic mass is 32.2. The summed E-state index contributed by atoms with van der Waals surface area (Å²) in [5.74, 6) is -0.169. The molecule has 0 saturated carbocycles. The van der Waals surface area contributed by atoms with Crippen LogP contribution in [0.4, 0.5) is 21.7 Å². The van der Waals surface area contributed by atoms with Crippen LogP contribution in [0.15, 0.2) is 65.8 Å². The van der Waals surface area contributed by atoms with Crippen molar-refractivity contribution in [3.8, 4) is 0 Å². The van der Waals surface area contributed by atoms with Crippen molar-refractivity contribution < 1.29 is 12.8 Å². The molecule has 0 saturated heterocycles. The number of fused-ring (bicyclic) bond motifs is 1. The molecule has 2 N–H and O–H groups in total. The Hall–Kier alpha value is -3.53. The minimum Gasteiger partial charge on any atom is -0.337 e. The van der Waals surface area contributed by atoms with Gasteiger partial charge < -0.3 is 5.32 Å². The average molecular weight is 398 g/mol. The summed E-state index contributed by atoms with van der Waals surface area (Å²) in [7, 11) is -2.30. The van der Waals surface area contributed by atoms with Crippen LogP contribution < -0.4 is 10.0 Å². The molecular formula is C18H15FN6O2S. The monoisotopic (exact) mass is 398 g/mol. The fourth-order valence-corrected chi connectivity index (χ4v) is 3.54. The number of nitrogens with zero attached hydrogens (tertiary/aromatic N) is 4. The maximum absolute atomic E-state index is 13.2. The Balaban J connectivity index is 1.77. The van der Waals surface area contributed by atoms with Crippen LogP contribution in [0.5, 0.6) is 0 Å². The van der Waals surface area contributed by atoms with Crippen molar-refractivity contribution in [2.24, 2.45) is 7.05 Å². The molecule has 0 amide bonds. The van der Waals surface area contributed by atoms with Crippen LogP contribution in [0.2, 0.25) is 0 Å². The molecule has 2 aromatic carbocycles. The Morgan fingerprint density at radius 2 is 1.61 bits per heavy atom. The van der Waals surface area contributed by atoms with Gasteiger partial charge in [0.25, 0.3) is 10.0 Å². The number of aromatic nitrogens is 4. The molecule has 0 atom stereocenters. The van der Waals surface area contributed by atoms with Crippen molar-refractivity contribution >= 4 is 38.4 Å². The molecule has 0 aliphatic heterocycles. The number of benzene rings is 2. The van der Waals surface area contributed by atoms with Gasteiger partial charge in [-0.15, -0.1) is 0 Å². The third-order valence-electron chi connectivity index (χ3n) is 3.90. The molecule has 10 heteroatoms. The first-order valence-corrected chi connectivity index (χ1v) is 9.70. The number of halogens is 1. The van der Waals surface area contributed by atoms with E-state index in [-0.39, 0.29) is 22.3 Å². The van der Waals surface area contributed by atoms with Crippen LogP contribution in [-0.2, 0) is 17.1 Å². The first-order valence-electron chi connectivity index (χ1n) is 8.21. The van der Waals surface area contributed by atoms with Gasteiger partial charge in [0.05, 0.1) is 17.2 Å². The summed E-state index contributed by atoms with van der Waals surface area (Å²) in [4.78, 5) is 8.85. The molecule has 0 spiro atoms. The predicted octanol–water partition coefficient (Wildman–Crippen LogP) is 3.05. The lowest BCUT2D eigenvalue weighted by molar-refractivity contribution is 0.601. The molecule has 0 radical (unpaired) electrons. The largest absolute Gasteiger partial charge is 0.337 e. The molecule has 0 fully saturated rings. The van der Waals surface area contributed by atoms with Crippen LogP contribution >= 0.6 is 0 Å². The van der Waals surface area contributed by atoms with Crippen LogP contribution in [-0.4, -0.2) is 28.2 Å². The van der Waals surface area contributed by atoms with E-state index in [9.17, 15) is 12.8 Å². The van der Waals surface area contributed by atoms with Crippen LogP contribution in [0.3, 0.4) is 0 Å². The van der Waals surface area contributed by atoms with E-state index in [1.165, 1.54) is 41.3 Å². The Labute approximate surface area is 160 Å². The quantitative estimate of drug-likeness (QED) is 0.536. The van der Waals surface area contributed by atoms with Gasteiger partial charge in [-0.05, 0) is 36.4 Å². The van der Waals surface area contributed by atoms with E-state index in [2.05, 4.69) is 25.1 Å². The van der Waals surface area contributed by atoms with Gasteiger partial charge in [0.2, 0.25) is 0 Å². The SMILES string of the molecule is Cn1cc(S(=O)(=O)Nc2nc3ccccc3nc2Nc2ccc(F)cc2)cn1. The van der Waals surface area contributed by atoms with Crippen LogP contribution in [0.25, 0.3) is 11.0 Å². The number of para-hydroxylation sites is 2. The number of rotatable bonds is 5. The lowest BCUT2D eigenvalue weighted by atomic mass is 10.3. The number of hydrogen-bond donors (Lipinski definition) is 2. The maximum atomic E-state index is 13.2. The summed E-state index contributed by atoms with van der Waals surface area (Å²) in [6, 6.07) is 12.7. The second kappa shape index (κ2) is 6.89. The number of hydrogen-bond acceptors (Lipinski definition) is 6. The van der Waals surface area contributed by atoms with E-state index in [1.54, 1.807) is 31.3 Å². The Bertz CT molecular complexity index is 1250. The Morgan fingerprint density at radius 3 is 2.21 bits per heavy atom. The van der Waals surface area contributed by atoms with Gasteiger partial charge in [-0.25, -0.2) is 22.8 Å². The zero-order chi connectivity index (χ0) is 19.7. The van der Waals surface area contributed by atoms with Gasteiger partial charge in [0, 0.05) is 18.9 Å². The normalized spacial score (nSPS) is 11.5. The summed E-state index contributed by atoms with van der Waals surface area (Å²) < 4.78 is 42.4. The highest BCUT2D eigenvalue weighted by Crippen LogP contribution is 2.27. The molecule has 28 heavy (non-hydrogen) atoms. The smallest absolute Gasteiger partial charge is 0.266 e. The lowest BCUT2D eigenvalue weighted by Crippen LogP contribution is -2.15. The van der Waals surface area contributed by atoms with Gasteiger partial charge in [-0.3, -0.25) is 9.40 Å². The van der Waals surface area contributed by atoms with E-state index in [1.807, 2.05) is 0 Å². The highest BCUT2D eigenvalue weighted by Gasteiger charge is 2.20. The van der Waals surface area contributed by atoms with E-state index in [0.29, 0.717) is 16.7 Å². The number of nitrogens with one attached hydrogen (secondary N) is 2. The van der Waals surface area contributed by atoms with Crippen molar-refractivity contribution in [3.63, 3.8) is 0 Å². The minimum atomic E-state index is -3.92. The second-order valence-corrected chi connectivity index (χ2v) is 7.68. The zero-order valence-corrected chi connectivity index (χ0v) is 15.5. The van der Waals surface area contributed by atoms with Gasteiger partial charge in [-0.1, -0.05) is 12.1 Å². The number of sulfonamides is 1. The summed E-state index contributed by atoms with van der Waals surface area (Å²) in [5, 5.41) is 6.87. The van der Waals surface area contributed by atoms with E-state index < -0.39 is 10.0 Å². The van der Waals surface area contributed by atoms with Gasteiger partial charge >= 0.3 is 0 Å². The van der Waals surface area contributed by atoms with Crippen molar-refractivity contribution in [3.05, 3.63) is 66.7 Å². The number of anilines is 3.